The monoisotopic (exact) mass is 192 g/mol. The minimum absolute atomic E-state index is 0.357. The predicted molar refractivity (Wildman–Crippen MR) is 50.8 cm³/mol. The Bertz CT molecular complexity index is 346. The van der Waals surface area contributed by atoms with E-state index in [9.17, 15) is 9.90 Å². The second-order valence-electron chi connectivity index (χ2n) is 3.65. The first-order chi connectivity index (χ1) is 6.65. The highest BCUT2D eigenvalue weighted by Gasteiger charge is 2.42. The van der Waals surface area contributed by atoms with Crippen LogP contribution in [0.5, 0.6) is 0 Å². The molecule has 1 aromatic rings. The smallest absolute Gasteiger partial charge is 0.338 e. The van der Waals surface area contributed by atoms with Gasteiger partial charge in [0.1, 0.15) is 0 Å². The molecule has 0 amide bonds. The van der Waals surface area contributed by atoms with Crippen LogP contribution in [-0.4, -0.2) is 23.8 Å². The van der Waals surface area contributed by atoms with Crippen LogP contribution in [0, 0.1) is 0 Å². The fraction of sp³-hybridized carbons (Fsp3) is 0.364. The topological polar surface area (TPSA) is 46.5 Å². The fourth-order valence-corrected chi connectivity index (χ4v) is 1.93. The largest absolute Gasteiger partial charge is 0.467 e. The van der Waals surface area contributed by atoms with Crippen molar-refractivity contribution in [3.05, 3.63) is 35.4 Å². The molecule has 0 fully saturated rings. The summed E-state index contributed by atoms with van der Waals surface area (Å²) in [6, 6.07) is 7.66. The van der Waals surface area contributed by atoms with E-state index in [2.05, 4.69) is 4.74 Å². The number of hydrogen-bond donors (Lipinski definition) is 1. The van der Waals surface area contributed by atoms with Gasteiger partial charge in [-0.2, -0.15) is 0 Å². The highest BCUT2D eigenvalue weighted by atomic mass is 16.5. The molecule has 0 heterocycles. The summed E-state index contributed by atoms with van der Waals surface area (Å²) >= 11 is 0. The number of rotatable bonds is 1. The summed E-state index contributed by atoms with van der Waals surface area (Å²) in [4.78, 5) is 11.3. The molecular weight excluding hydrogens is 180 g/mol. The highest BCUT2D eigenvalue weighted by Crippen LogP contribution is 2.30. The molecule has 0 saturated heterocycles. The molecule has 1 aliphatic rings. The van der Waals surface area contributed by atoms with Crippen LogP contribution >= 0.6 is 0 Å². The first-order valence-electron chi connectivity index (χ1n) is 4.53. The van der Waals surface area contributed by atoms with Gasteiger partial charge in [0.25, 0.3) is 0 Å². The molecule has 3 heteroatoms. The second kappa shape index (κ2) is 3.10. The van der Waals surface area contributed by atoms with Crippen molar-refractivity contribution < 1.29 is 14.6 Å². The molecule has 74 valence electrons. The number of hydrogen-bond acceptors (Lipinski definition) is 3. The van der Waals surface area contributed by atoms with Crippen molar-refractivity contribution in [3.63, 3.8) is 0 Å². The Morgan fingerprint density at radius 1 is 1.36 bits per heavy atom. The van der Waals surface area contributed by atoms with E-state index in [4.69, 9.17) is 0 Å². The molecule has 0 saturated carbocycles. The Labute approximate surface area is 82.3 Å². The molecule has 1 N–H and O–H groups in total. The van der Waals surface area contributed by atoms with Gasteiger partial charge in [0.2, 0.25) is 0 Å². The first kappa shape index (κ1) is 9.21. The number of fused-ring (bicyclic) bond motifs is 1. The van der Waals surface area contributed by atoms with Gasteiger partial charge in [0.05, 0.1) is 7.11 Å². The standard InChI is InChI=1S/C11H12O3/c1-14-10(12)11(13)6-8-4-2-3-5-9(8)7-11/h2-5,13H,6-7H2,1H3. The molecule has 0 bridgehead atoms. The minimum Gasteiger partial charge on any atom is -0.467 e. The van der Waals surface area contributed by atoms with Crippen molar-refractivity contribution in [2.75, 3.05) is 7.11 Å². The maximum absolute atomic E-state index is 11.3. The zero-order valence-corrected chi connectivity index (χ0v) is 7.99. The van der Waals surface area contributed by atoms with E-state index in [0.29, 0.717) is 12.8 Å². The summed E-state index contributed by atoms with van der Waals surface area (Å²) in [5, 5.41) is 10.0. The normalized spacial score (nSPS) is 17.6. The summed E-state index contributed by atoms with van der Waals surface area (Å²) in [6.45, 7) is 0. The lowest BCUT2D eigenvalue weighted by Gasteiger charge is -2.18. The van der Waals surface area contributed by atoms with Crippen molar-refractivity contribution >= 4 is 5.97 Å². The van der Waals surface area contributed by atoms with Crippen LogP contribution in [0.15, 0.2) is 24.3 Å². The van der Waals surface area contributed by atoms with E-state index in [1.165, 1.54) is 7.11 Å². The predicted octanol–water partition coefficient (Wildman–Crippen LogP) is 0.689. The van der Waals surface area contributed by atoms with Gasteiger partial charge < -0.3 is 9.84 Å². The Morgan fingerprint density at radius 2 is 1.86 bits per heavy atom. The number of carbonyl (C=O) groups is 1. The third kappa shape index (κ3) is 1.30. The Hall–Kier alpha value is -1.35. The number of carbonyl (C=O) groups excluding carboxylic acids is 1. The molecule has 0 aliphatic heterocycles. The van der Waals surface area contributed by atoms with E-state index in [-0.39, 0.29) is 0 Å². The summed E-state index contributed by atoms with van der Waals surface area (Å²) < 4.78 is 4.58. The van der Waals surface area contributed by atoms with Gasteiger partial charge in [-0.1, -0.05) is 24.3 Å². The lowest BCUT2D eigenvalue weighted by Crippen LogP contribution is -2.40. The Balaban J connectivity index is 2.30. The quantitative estimate of drug-likeness (QED) is 0.666. The van der Waals surface area contributed by atoms with E-state index < -0.39 is 11.6 Å². The summed E-state index contributed by atoms with van der Waals surface area (Å²) in [5.41, 5.74) is 0.708. The van der Waals surface area contributed by atoms with E-state index >= 15 is 0 Å². The molecule has 3 nitrogen and oxygen atoms in total. The zero-order chi connectivity index (χ0) is 10.2. The molecule has 1 aromatic carbocycles. The van der Waals surface area contributed by atoms with Gasteiger partial charge in [-0.05, 0) is 11.1 Å². The lowest BCUT2D eigenvalue weighted by atomic mass is 10.0. The fourth-order valence-electron chi connectivity index (χ4n) is 1.93. The highest BCUT2D eigenvalue weighted by molar-refractivity contribution is 5.81. The average Bonchev–Trinajstić information content (AvgIpc) is 2.54. The average molecular weight is 192 g/mol. The minimum atomic E-state index is -1.35. The number of aliphatic hydroxyl groups is 1. The first-order valence-corrected chi connectivity index (χ1v) is 4.53. The Kier molecular flexibility index (Phi) is 2.04. The van der Waals surface area contributed by atoms with E-state index in [1.54, 1.807) is 0 Å². The van der Waals surface area contributed by atoms with E-state index in [0.717, 1.165) is 11.1 Å². The van der Waals surface area contributed by atoms with E-state index in [1.807, 2.05) is 24.3 Å². The van der Waals surface area contributed by atoms with Gasteiger partial charge in [0.15, 0.2) is 5.60 Å². The van der Waals surface area contributed by atoms with Gasteiger partial charge in [-0.25, -0.2) is 4.79 Å². The van der Waals surface area contributed by atoms with Crippen LogP contribution in [0.2, 0.25) is 0 Å². The van der Waals surface area contributed by atoms with Gasteiger partial charge in [-0.3, -0.25) is 0 Å². The third-order valence-electron chi connectivity index (χ3n) is 2.65. The van der Waals surface area contributed by atoms with Crippen molar-refractivity contribution in [1.29, 1.82) is 0 Å². The van der Waals surface area contributed by atoms with Crippen LogP contribution < -0.4 is 0 Å². The van der Waals surface area contributed by atoms with Crippen LogP contribution in [0.1, 0.15) is 11.1 Å². The van der Waals surface area contributed by atoms with Gasteiger partial charge in [0, 0.05) is 12.8 Å². The molecule has 0 radical (unpaired) electrons. The van der Waals surface area contributed by atoms with Crippen molar-refractivity contribution in [2.24, 2.45) is 0 Å². The maximum atomic E-state index is 11.3. The molecular formula is C11H12O3. The van der Waals surface area contributed by atoms with Crippen LogP contribution in [0.4, 0.5) is 0 Å². The molecule has 0 aromatic heterocycles. The summed E-state index contributed by atoms with van der Waals surface area (Å²) in [6.07, 6.45) is 0.714. The van der Waals surface area contributed by atoms with Gasteiger partial charge in [-0.15, -0.1) is 0 Å². The van der Waals surface area contributed by atoms with Crippen molar-refractivity contribution in [1.82, 2.24) is 0 Å². The van der Waals surface area contributed by atoms with Crippen molar-refractivity contribution in [3.8, 4) is 0 Å². The molecule has 0 spiro atoms. The number of benzene rings is 1. The molecule has 1 aliphatic carbocycles. The van der Waals surface area contributed by atoms with Crippen LogP contribution in [0.25, 0.3) is 0 Å². The number of ether oxygens (including phenoxy) is 1. The molecule has 0 atom stereocenters. The number of esters is 1. The summed E-state index contributed by atoms with van der Waals surface area (Å²) in [7, 11) is 1.29. The Morgan fingerprint density at radius 3 is 2.29 bits per heavy atom. The van der Waals surface area contributed by atoms with Crippen molar-refractivity contribution in [2.45, 2.75) is 18.4 Å². The van der Waals surface area contributed by atoms with Crippen LogP contribution in [-0.2, 0) is 22.4 Å². The third-order valence-corrected chi connectivity index (χ3v) is 2.65. The number of methoxy groups -OCH3 is 1. The SMILES string of the molecule is COC(=O)C1(O)Cc2ccccc2C1. The lowest BCUT2D eigenvalue weighted by molar-refractivity contribution is -0.161. The molecule has 0 unspecified atom stereocenters. The maximum Gasteiger partial charge on any atom is 0.338 e. The van der Waals surface area contributed by atoms with Crippen LogP contribution in [0.3, 0.4) is 0 Å². The molecule has 14 heavy (non-hydrogen) atoms. The molecule has 2 rings (SSSR count). The van der Waals surface area contributed by atoms with Gasteiger partial charge >= 0.3 is 5.97 Å². The summed E-state index contributed by atoms with van der Waals surface area (Å²) in [5.74, 6) is -0.547. The zero-order valence-electron chi connectivity index (χ0n) is 7.99. The second-order valence-corrected chi connectivity index (χ2v) is 3.65.